The van der Waals surface area contributed by atoms with Crippen LogP contribution in [0.1, 0.15) is 11.4 Å². The molecule has 0 radical (unpaired) electrons. The van der Waals surface area contributed by atoms with Gasteiger partial charge < -0.3 is 15.8 Å². The van der Waals surface area contributed by atoms with Crippen LogP contribution in [0, 0.1) is 6.92 Å². The van der Waals surface area contributed by atoms with Crippen LogP contribution in [0.15, 0.2) is 48.7 Å². The first-order valence-corrected chi connectivity index (χ1v) is 8.13. The van der Waals surface area contributed by atoms with Crippen molar-refractivity contribution in [2.45, 2.75) is 19.7 Å². The SMILES string of the molecule is Cc1cc(-n2nc(Nc3cccc(OC(F)(F)F)c3)cc2CC(N)=O)ccn1. The number of nitrogens with zero attached hydrogens (tertiary/aromatic N) is 3. The molecule has 0 fully saturated rings. The maximum absolute atomic E-state index is 12.4. The normalized spacial score (nSPS) is 11.3. The van der Waals surface area contributed by atoms with Gasteiger partial charge in [-0.1, -0.05) is 6.07 Å². The standard InChI is InChI=1S/C18H16F3N5O2/c1-11-7-13(5-6-23-11)26-14(9-16(22)27)10-17(25-26)24-12-3-2-4-15(8-12)28-18(19,20)21/h2-8,10H,9H2,1H3,(H2,22,27)(H,24,25). The second kappa shape index (κ2) is 7.59. The van der Waals surface area contributed by atoms with E-state index in [0.717, 1.165) is 5.69 Å². The van der Waals surface area contributed by atoms with Gasteiger partial charge in [-0.05, 0) is 31.2 Å². The first-order valence-electron chi connectivity index (χ1n) is 8.13. The predicted molar refractivity (Wildman–Crippen MR) is 95.4 cm³/mol. The predicted octanol–water partition coefficient (Wildman–Crippen LogP) is 3.25. The van der Waals surface area contributed by atoms with Crippen molar-refractivity contribution in [2.75, 3.05) is 5.32 Å². The number of aromatic nitrogens is 3. The maximum Gasteiger partial charge on any atom is 0.573 e. The van der Waals surface area contributed by atoms with Gasteiger partial charge in [0.1, 0.15) is 5.75 Å². The Morgan fingerprint density at radius 3 is 2.71 bits per heavy atom. The molecule has 28 heavy (non-hydrogen) atoms. The summed E-state index contributed by atoms with van der Waals surface area (Å²) in [6.07, 6.45) is -3.24. The zero-order valence-corrected chi connectivity index (χ0v) is 14.7. The molecule has 7 nitrogen and oxygen atoms in total. The smallest absolute Gasteiger partial charge is 0.406 e. The van der Waals surface area contributed by atoms with Crippen molar-refractivity contribution >= 4 is 17.4 Å². The number of anilines is 2. The van der Waals surface area contributed by atoms with Crippen LogP contribution >= 0.6 is 0 Å². The third kappa shape index (κ3) is 5.00. The van der Waals surface area contributed by atoms with E-state index in [1.165, 1.54) is 22.9 Å². The lowest BCUT2D eigenvalue weighted by Gasteiger charge is -2.10. The average Bonchev–Trinajstić information content (AvgIpc) is 2.95. The summed E-state index contributed by atoms with van der Waals surface area (Å²) in [6, 6.07) is 10.4. The lowest BCUT2D eigenvalue weighted by molar-refractivity contribution is -0.274. The van der Waals surface area contributed by atoms with Crippen LogP contribution < -0.4 is 15.8 Å². The molecule has 0 atom stereocenters. The molecular weight excluding hydrogens is 375 g/mol. The average molecular weight is 391 g/mol. The fourth-order valence-corrected chi connectivity index (χ4v) is 2.59. The molecule has 0 aliphatic carbocycles. The van der Waals surface area contributed by atoms with Gasteiger partial charge in [-0.2, -0.15) is 0 Å². The lowest BCUT2D eigenvalue weighted by atomic mass is 10.2. The van der Waals surface area contributed by atoms with Crippen molar-refractivity contribution in [3.05, 3.63) is 60.0 Å². The molecule has 0 bridgehead atoms. The number of halogens is 3. The Morgan fingerprint density at radius 2 is 2.04 bits per heavy atom. The monoisotopic (exact) mass is 391 g/mol. The minimum absolute atomic E-state index is 0.0622. The Hall–Kier alpha value is -3.56. The summed E-state index contributed by atoms with van der Waals surface area (Å²) in [5, 5.41) is 7.28. The fourth-order valence-electron chi connectivity index (χ4n) is 2.59. The van der Waals surface area contributed by atoms with E-state index in [9.17, 15) is 18.0 Å². The highest BCUT2D eigenvalue weighted by Crippen LogP contribution is 2.27. The van der Waals surface area contributed by atoms with Crippen LogP contribution in [-0.2, 0) is 11.2 Å². The lowest BCUT2D eigenvalue weighted by Crippen LogP contribution is -2.17. The molecule has 1 aromatic carbocycles. The van der Waals surface area contributed by atoms with Gasteiger partial charge in [-0.3, -0.25) is 9.78 Å². The molecule has 10 heteroatoms. The van der Waals surface area contributed by atoms with Gasteiger partial charge in [-0.25, -0.2) is 4.68 Å². The summed E-state index contributed by atoms with van der Waals surface area (Å²) in [5.74, 6) is -0.576. The van der Waals surface area contributed by atoms with E-state index in [1.807, 2.05) is 6.92 Å². The van der Waals surface area contributed by atoms with E-state index in [1.54, 1.807) is 30.5 Å². The number of primary amides is 1. The van der Waals surface area contributed by atoms with E-state index >= 15 is 0 Å². The van der Waals surface area contributed by atoms with Gasteiger partial charge in [0, 0.05) is 29.7 Å². The Bertz CT molecular complexity index is 1000. The second-order valence-electron chi connectivity index (χ2n) is 5.93. The summed E-state index contributed by atoms with van der Waals surface area (Å²) in [5.41, 5.74) is 7.59. The van der Waals surface area contributed by atoms with E-state index in [4.69, 9.17) is 5.73 Å². The number of pyridine rings is 1. The van der Waals surface area contributed by atoms with Crippen molar-refractivity contribution < 1.29 is 22.7 Å². The molecule has 1 amide bonds. The maximum atomic E-state index is 12.4. The molecule has 0 saturated carbocycles. The van der Waals surface area contributed by atoms with Crippen LogP contribution in [0.3, 0.4) is 0 Å². The van der Waals surface area contributed by atoms with Crippen molar-refractivity contribution in [1.29, 1.82) is 0 Å². The number of amides is 1. The van der Waals surface area contributed by atoms with Crippen LogP contribution in [0.25, 0.3) is 5.69 Å². The van der Waals surface area contributed by atoms with E-state index in [2.05, 4.69) is 20.1 Å². The molecule has 3 N–H and O–H groups in total. The van der Waals surface area contributed by atoms with Crippen LogP contribution in [-0.4, -0.2) is 27.0 Å². The highest BCUT2D eigenvalue weighted by Gasteiger charge is 2.31. The number of carbonyl (C=O) groups is 1. The van der Waals surface area contributed by atoms with Gasteiger partial charge >= 0.3 is 6.36 Å². The minimum Gasteiger partial charge on any atom is -0.406 e. The number of nitrogens with one attached hydrogen (secondary N) is 1. The van der Waals surface area contributed by atoms with Crippen molar-refractivity contribution in [3.8, 4) is 11.4 Å². The van der Waals surface area contributed by atoms with E-state index < -0.39 is 12.3 Å². The number of hydrogen-bond donors (Lipinski definition) is 2. The van der Waals surface area contributed by atoms with Crippen LogP contribution in [0.5, 0.6) is 5.75 Å². The summed E-state index contributed by atoms with van der Waals surface area (Å²) in [7, 11) is 0. The number of hydrogen-bond acceptors (Lipinski definition) is 5. The second-order valence-corrected chi connectivity index (χ2v) is 5.93. The number of benzene rings is 1. The molecule has 3 rings (SSSR count). The Balaban J connectivity index is 1.91. The molecule has 3 aromatic rings. The molecule has 0 saturated heterocycles. The third-order valence-electron chi connectivity index (χ3n) is 3.60. The molecular formula is C18H16F3N5O2. The first kappa shape index (κ1) is 19.2. The fraction of sp³-hybridized carbons (Fsp3) is 0.167. The summed E-state index contributed by atoms with van der Waals surface area (Å²) in [6.45, 7) is 1.81. The van der Waals surface area contributed by atoms with Crippen LogP contribution in [0.2, 0.25) is 0 Å². The highest BCUT2D eigenvalue weighted by molar-refractivity contribution is 5.76. The molecule has 146 valence electrons. The van der Waals surface area contributed by atoms with E-state index in [-0.39, 0.29) is 12.2 Å². The summed E-state index contributed by atoms with van der Waals surface area (Å²) < 4.78 is 42.6. The van der Waals surface area contributed by atoms with Gasteiger partial charge in [0.2, 0.25) is 5.91 Å². The van der Waals surface area contributed by atoms with Gasteiger partial charge in [-0.15, -0.1) is 18.3 Å². The number of rotatable bonds is 6. The van der Waals surface area contributed by atoms with E-state index in [0.29, 0.717) is 22.9 Å². The number of nitrogens with two attached hydrogens (primary N) is 1. The van der Waals surface area contributed by atoms with Crippen molar-refractivity contribution in [2.24, 2.45) is 5.73 Å². The Kier molecular flexibility index (Phi) is 5.21. The molecule has 0 aliphatic rings. The molecule has 0 aliphatic heterocycles. The number of alkyl halides is 3. The third-order valence-corrected chi connectivity index (χ3v) is 3.60. The Labute approximate surface area is 157 Å². The van der Waals surface area contributed by atoms with Gasteiger partial charge in [0.15, 0.2) is 5.82 Å². The molecule has 0 unspecified atom stereocenters. The van der Waals surface area contributed by atoms with Crippen LogP contribution in [0.4, 0.5) is 24.7 Å². The highest BCUT2D eigenvalue weighted by atomic mass is 19.4. The number of aryl methyl sites for hydroxylation is 1. The quantitative estimate of drug-likeness (QED) is 0.673. The zero-order valence-electron chi connectivity index (χ0n) is 14.7. The topological polar surface area (TPSA) is 95.1 Å². The zero-order chi connectivity index (χ0) is 20.3. The number of ether oxygens (including phenoxy) is 1. The van der Waals surface area contributed by atoms with Gasteiger partial charge in [0.25, 0.3) is 0 Å². The summed E-state index contributed by atoms with van der Waals surface area (Å²) in [4.78, 5) is 15.5. The largest absolute Gasteiger partial charge is 0.573 e. The van der Waals surface area contributed by atoms with Gasteiger partial charge in [0.05, 0.1) is 17.8 Å². The number of carbonyl (C=O) groups excluding carboxylic acids is 1. The molecule has 0 spiro atoms. The first-order chi connectivity index (χ1) is 13.2. The Morgan fingerprint density at radius 1 is 1.25 bits per heavy atom. The summed E-state index contributed by atoms with van der Waals surface area (Å²) >= 11 is 0. The van der Waals surface area contributed by atoms with Crippen molar-refractivity contribution in [1.82, 2.24) is 14.8 Å². The minimum atomic E-state index is -4.78. The molecule has 2 heterocycles. The van der Waals surface area contributed by atoms with Crippen molar-refractivity contribution in [3.63, 3.8) is 0 Å². The molecule has 2 aromatic heterocycles.